The highest BCUT2D eigenvalue weighted by Crippen LogP contribution is 2.25. The Morgan fingerprint density at radius 1 is 1.40 bits per heavy atom. The molecule has 1 aromatic rings. The lowest BCUT2D eigenvalue weighted by atomic mass is 10.1. The van der Waals surface area contributed by atoms with E-state index in [0.717, 1.165) is 12.0 Å². The molecule has 0 radical (unpaired) electrons. The Hall–Kier alpha value is -2.11. The molecule has 0 unspecified atom stereocenters. The molecule has 0 bridgehead atoms. The van der Waals surface area contributed by atoms with Crippen molar-refractivity contribution in [3.63, 3.8) is 0 Å². The molecule has 0 heterocycles. The van der Waals surface area contributed by atoms with Crippen molar-refractivity contribution in [2.24, 2.45) is 0 Å². The third-order valence-corrected chi connectivity index (χ3v) is 2.86. The molecule has 0 saturated heterocycles. The number of nitrogens with zero attached hydrogens (tertiary/aromatic N) is 2. The maximum absolute atomic E-state index is 11.6. The van der Waals surface area contributed by atoms with E-state index < -0.39 is 4.92 Å². The first kappa shape index (κ1) is 15.9. The topological polar surface area (TPSA) is 72.7 Å². The Balaban J connectivity index is 3.03. The molecule has 0 aromatic heterocycles. The van der Waals surface area contributed by atoms with Crippen LogP contribution in [-0.2, 0) is 9.53 Å². The fourth-order valence-electron chi connectivity index (χ4n) is 1.97. The highest BCUT2D eigenvalue weighted by Gasteiger charge is 2.17. The van der Waals surface area contributed by atoms with Gasteiger partial charge in [-0.25, -0.2) is 0 Å². The summed E-state index contributed by atoms with van der Waals surface area (Å²) < 4.78 is 4.94. The van der Waals surface area contributed by atoms with Crippen LogP contribution in [0.3, 0.4) is 0 Å². The van der Waals surface area contributed by atoms with Gasteiger partial charge in [-0.3, -0.25) is 14.9 Å². The van der Waals surface area contributed by atoms with E-state index in [2.05, 4.69) is 0 Å². The molecule has 0 spiro atoms. The lowest BCUT2D eigenvalue weighted by Gasteiger charge is -2.24. The molecule has 0 atom stereocenters. The van der Waals surface area contributed by atoms with Gasteiger partial charge >= 0.3 is 5.97 Å². The largest absolute Gasteiger partial charge is 0.465 e. The van der Waals surface area contributed by atoms with Gasteiger partial charge in [-0.05, 0) is 25.8 Å². The summed E-state index contributed by atoms with van der Waals surface area (Å²) in [6, 6.07) is 4.67. The number of nitro benzene ring substituents is 1. The standard InChI is InChI=1S/C14H20N2O4/c1-4-8-15(10-14(17)20-5-2)13-9-12(16(18)19)7-6-11(13)3/h6-7,9H,4-5,8,10H2,1-3H3. The van der Waals surface area contributed by atoms with E-state index in [1.165, 1.54) is 12.1 Å². The minimum absolute atomic E-state index is 0.0237. The molecule has 1 aromatic carbocycles. The van der Waals surface area contributed by atoms with Crippen molar-refractivity contribution in [1.82, 2.24) is 0 Å². The number of benzene rings is 1. The van der Waals surface area contributed by atoms with E-state index in [9.17, 15) is 14.9 Å². The predicted octanol–water partition coefficient (Wildman–Crippen LogP) is 2.68. The number of non-ortho nitro benzene ring substituents is 1. The molecule has 1 rings (SSSR count). The van der Waals surface area contributed by atoms with Crippen LogP contribution in [0.2, 0.25) is 0 Å². The van der Waals surface area contributed by atoms with Crippen LogP contribution in [0, 0.1) is 17.0 Å². The summed E-state index contributed by atoms with van der Waals surface area (Å²) in [5, 5.41) is 10.9. The number of esters is 1. The van der Waals surface area contributed by atoms with Crippen LogP contribution >= 0.6 is 0 Å². The predicted molar refractivity (Wildman–Crippen MR) is 77.0 cm³/mol. The third kappa shape index (κ3) is 4.22. The van der Waals surface area contributed by atoms with Crippen molar-refractivity contribution in [2.45, 2.75) is 27.2 Å². The van der Waals surface area contributed by atoms with E-state index in [1.807, 2.05) is 18.7 Å². The number of hydrogen-bond donors (Lipinski definition) is 0. The lowest BCUT2D eigenvalue weighted by Crippen LogP contribution is -2.32. The Bertz CT molecular complexity index is 488. The number of anilines is 1. The second kappa shape index (κ2) is 7.47. The highest BCUT2D eigenvalue weighted by molar-refractivity contribution is 5.76. The molecule has 110 valence electrons. The van der Waals surface area contributed by atoms with Crippen molar-refractivity contribution in [3.8, 4) is 0 Å². The fourth-order valence-corrected chi connectivity index (χ4v) is 1.97. The Kier molecular flexibility index (Phi) is 5.96. The zero-order chi connectivity index (χ0) is 15.1. The minimum Gasteiger partial charge on any atom is -0.465 e. The highest BCUT2D eigenvalue weighted by atomic mass is 16.6. The number of carbonyl (C=O) groups is 1. The van der Waals surface area contributed by atoms with Crippen LogP contribution in [0.1, 0.15) is 25.8 Å². The smallest absolute Gasteiger partial charge is 0.325 e. The van der Waals surface area contributed by atoms with Crippen molar-refractivity contribution in [3.05, 3.63) is 33.9 Å². The van der Waals surface area contributed by atoms with Gasteiger partial charge in [0, 0.05) is 24.4 Å². The van der Waals surface area contributed by atoms with Gasteiger partial charge in [0.25, 0.3) is 5.69 Å². The number of carbonyl (C=O) groups excluding carboxylic acids is 1. The van der Waals surface area contributed by atoms with Crippen molar-refractivity contribution in [2.75, 3.05) is 24.6 Å². The molecule has 0 fully saturated rings. The molecule has 6 nitrogen and oxygen atoms in total. The molecule has 0 aliphatic carbocycles. The third-order valence-electron chi connectivity index (χ3n) is 2.86. The summed E-state index contributed by atoms with van der Waals surface area (Å²) in [4.78, 5) is 23.9. The molecule has 0 amide bonds. The average molecular weight is 280 g/mol. The Labute approximate surface area is 118 Å². The van der Waals surface area contributed by atoms with Gasteiger partial charge in [-0.2, -0.15) is 0 Å². The summed E-state index contributed by atoms with van der Waals surface area (Å²) in [7, 11) is 0. The van der Waals surface area contributed by atoms with Crippen molar-refractivity contribution in [1.29, 1.82) is 0 Å². The molecule has 20 heavy (non-hydrogen) atoms. The summed E-state index contributed by atoms with van der Waals surface area (Å²) >= 11 is 0. The van der Waals surface area contributed by atoms with Crippen LogP contribution in [0.25, 0.3) is 0 Å². The second-order valence-electron chi connectivity index (χ2n) is 4.45. The number of rotatable bonds is 7. The van der Waals surface area contributed by atoms with Crippen LogP contribution in [0.5, 0.6) is 0 Å². The van der Waals surface area contributed by atoms with Gasteiger partial charge in [0.05, 0.1) is 11.5 Å². The summed E-state index contributed by atoms with van der Waals surface area (Å²) in [5.74, 6) is -0.327. The first-order valence-corrected chi connectivity index (χ1v) is 6.65. The van der Waals surface area contributed by atoms with Gasteiger partial charge in [0.2, 0.25) is 0 Å². The van der Waals surface area contributed by atoms with E-state index >= 15 is 0 Å². The molecule has 0 aliphatic rings. The molecular formula is C14H20N2O4. The molecule has 0 saturated carbocycles. The SMILES string of the molecule is CCCN(CC(=O)OCC)c1cc([N+](=O)[O-])ccc1C. The fraction of sp³-hybridized carbons (Fsp3) is 0.500. The molecule has 0 N–H and O–H groups in total. The first-order valence-electron chi connectivity index (χ1n) is 6.65. The number of nitro groups is 1. The van der Waals surface area contributed by atoms with Crippen LogP contribution in [0.15, 0.2) is 18.2 Å². The monoisotopic (exact) mass is 280 g/mol. The van der Waals surface area contributed by atoms with E-state index in [0.29, 0.717) is 18.8 Å². The van der Waals surface area contributed by atoms with E-state index in [1.54, 1.807) is 13.0 Å². The normalized spacial score (nSPS) is 10.2. The summed E-state index contributed by atoms with van der Waals surface area (Å²) in [6.07, 6.45) is 0.835. The van der Waals surface area contributed by atoms with Gasteiger partial charge in [-0.1, -0.05) is 13.0 Å². The molecular weight excluding hydrogens is 260 g/mol. The van der Waals surface area contributed by atoms with Crippen molar-refractivity contribution >= 4 is 17.3 Å². The van der Waals surface area contributed by atoms with Gasteiger partial charge in [0.15, 0.2) is 0 Å². The lowest BCUT2D eigenvalue weighted by molar-refractivity contribution is -0.384. The van der Waals surface area contributed by atoms with Gasteiger partial charge in [0.1, 0.15) is 6.54 Å². The molecule has 6 heteroatoms. The van der Waals surface area contributed by atoms with E-state index in [-0.39, 0.29) is 18.2 Å². The second-order valence-corrected chi connectivity index (χ2v) is 4.45. The quantitative estimate of drug-likeness (QED) is 0.436. The van der Waals surface area contributed by atoms with Gasteiger partial charge < -0.3 is 9.64 Å². The average Bonchev–Trinajstić information content (AvgIpc) is 2.38. The van der Waals surface area contributed by atoms with Gasteiger partial charge in [-0.15, -0.1) is 0 Å². The first-order chi connectivity index (χ1) is 9.49. The van der Waals surface area contributed by atoms with E-state index in [4.69, 9.17) is 4.74 Å². The number of hydrogen-bond acceptors (Lipinski definition) is 5. The van der Waals surface area contributed by atoms with Crippen LogP contribution in [0.4, 0.5) is 11.4 Å². The maximum atomic E-state index is 11.6. The maximum Gasteiger partial charge on any atom is 0.325 e. The van der Waals surface area contributed by atoms with Crippen LogP contribution < -0.4 is 4.90 Å². The number of ether oxygens (including phenoxy) is 1. The number of aryl methyl sites for hydroxylation is 1. The zero-order valence-electron chi connectivity index (χ0n) is 12.1. The Morgan fingerprint density at radius 2 is 2.10 bits per heavy atom. The van der Waals surface area contributed by atoms with Crippen molar-refractivity contribution < 1.29 is 14.5 Å². The zero-order valence-corrected chi connectivity index (χ0v) is 12.1. The van der Waals surface area contributed by atoms with Crippen LogP contribution in [-0.4, -0.2) is 30.6 Å². The summed E-state index contributed by atoms with van der Waals surface area (Å²) in [5.41, 5.74) is 1.62. The molecule has 0 aliphatic heterocycles. The summed E-state index contributed by atoms with van der Waals surface area (Å²) in [6.45, 7) is 6.68. The minimum atomic E-state index is -0.433. The Morgan fingerprint density at radius 3 is 2.65 bits per heavy atom.